The van der Waals surface area contributed by atoms with Crippen LogP contribution in [0.5, 0.6) is 0 Å². The summed E-state index contributed by atoms with van der Waals surface area (Å²) in [4.78, 5) is 22.7. The maximum Gasteiger partial charge on any atom is 0.330 e. The molecule has 0 fully saturated rings. The fourth-order valence-electron chi connectivity index (χ4n) is 1.20. The molecule has 0 spiro atoms. The first kappa shape index (κ1) is 14.3. The molecule has 0 bridgehead atoms. The first-order valence-corrected chi connectivity index (χ1v) is 5.47. The number of hydrogen-bond acceptors (Lipinski definition) is 4. The zero-order chi connectivity index (χ0) is 13.5. The summed E-state index contributed by atoms with van der Waals surface area (Å²) >= 11 is 5.85. The molecule has 0 aliphatic rings. The predicted octanol–water partition coefficient (Wildman–Crippen LogP) is 0.995. The van der Waals surface area contributed by atoms with Crippen LogP contribution in [0.3, 0.4) is 0 Å². The van der Waals surface area contributed by atoms with E-state index in [-0.39, 0.29) is 0 Å². The summed E-state index contributed by atoms with van der Waals surface area (Å²) < 4.78 is 4.41. The van der Waals surface area contributed by atoms with E-state index in [2.05, 4.69) is 15.4 Å². The van der Waals surface area contributed by atoms with Crippen molar-refractivity contribution in [3.05, 3.63) is 29.3 Å². The zero-order valence-electron chi connectivity index (χ0n) is 9.64. The quantitative estimate of drug-likeness (QED) is 0.714. The summed E-state index contributed by atoms with van der Waals surface area (Å²) in [6, 6.07) is 4.86. The molecule has 2 amide bonds. The summed E-state index contributed by atoms with van der Waals surface area (Å²) in [6.45, 7) is -0.553. The topological polar surface area (TPSA) is 87.7 Å². The second-order valence-electron chi connectivity index (χ2n) is 3.34. The number of benzene rings is 1. The number of methoxy groups -OCH3 is 1. The Morgan fingerprint density at radius 2 is 2.11 bits per heavy atom. The highest BCUT2D eigenvalue weighted by molar-refractivity contribution is 6.33. The van der Waals surface area contributed by atoms with E-state index in [4.69, 9.17) is 16.7 Å². The fraction of sp³-hybridized carbons (Fsp3) is 0.273. The smallest absolute Gasteiger partial charge is 0.330 e. The van der Waals surface area contributed by atoms with Gasteiger partial charge in [-0.1, -0.05) is 23.7 Å². The largest absolute Gasteiger partial charge is 0.467 e. The SMILES string of the molecule is COC(=O)C(CO)NC(=O)Nc1ccccc1Cl. The molecule has 98 valence electrons. The molecule has 0 saturated carbocycles. The van der Waals surface area contributed by atoms with Gasteiger partial charge < -0.3 is 20.5 Å². The second kappa shape index (κ2) is 6.83. The Kier molecular flexibility index (Phi) is 5.41. The third-order valence-corrected chi connectivity index (χ3v) is 2.43. The van der Waals surface area contributed by atoms with Gasteiger partial charge in [-0.2, -0.15) is 0 Å². The molecule has 0 aliphatic heterocycles. The number of aliphatic hydroxyl groups excluding tert-OH is 1. The van der Waals surface area contributed by atoms with Crippen molar-refractivity contribution >= 4 is 29.3 Å². The van der Waals surface area contributed by atoms with E-state index >= 15 is 0 Å². The molecule has 7 heteroatoms. The van der Waals surface area contributed by atoms with E-state index in [1.165, 1.54) is 7.11 Å². The van der Waals surface area contributed by atoms with Crippen LogP contribution >= 0.6 is 11.6 Å². The minimum atomic E-state index is -1.11. The van der Waals surface area contributed by atoms with E-state index in [1.54, 1.807) is 24.3 Å². The average Bonchev–Trinajstić information content (AvgIpc) is 2.37. The average molecular weight is 273 g/mol. The van der Waals surface area contributed by atoms with E-state index in [0.29, 0.717) is 10.7 Å². The van der Waals surface area contributed by atoms with E-state index < -0.39 is 24.6 Å². The minimum absolute atomic E-state index is 0.367. The van der Waals surface area contributed by atoms with Crippen LogP contribution in [0.4, 0.5) is 10.5 Å². The summed E-state index contributed by atoms with van der Waals surface area (Å²) in [5.74, 6) is -0.730. The van der Waals surface area contributed by atoms with Gasteiger partial charge in [-0.3, -0.25) is 0 Å². The highest BCUT2D eigenvalue weighted by Crippen LogP contribution is 2.20. The molecule has 18 heavy (non-hydrogen) atoms. The van der Waals surface area contributed by atoms with Crippen LogP contribution in [-0.2, 0) is 9.53 Å². The van der Waals surface area contributed by atoms with Gasteiger partial charge in [0.15, 0.2) is 6.04 Å². The lowest BCUT2D eigenvalue weighted by molar-refractivity contribution is -0.143. The highest BCUT2D eigenvalue weighted by Gasteiger charge is 2.20. The van der Waals surface area contributed by atoms with Crippen molar-refractivity contribution in [2.45, 2.75) is 6.04 Å². The molecule has 1 unspecified atom stereocenters. The van der Waals surface area contributed by atoms with Gasteiger partial charge in [0.1, 0.15) is 0 Å². The van der Waals surface area contributed by atoms with Gasteiger partial charge in [0.05, 0.1) is 24.4 Å². The monoisotopic (exact) mass is 272 g/mol. The van der Waals surface area contributed by atoms with Gasteiger partial charge in [0, 0.05) is 0 Å². The van der Waals surface area contributed by atoms with Gasteiger partial charge in [0.25, 0.3) is 0 Å². The number of amides is 2. The number of hydrogen-bond donors (Lipinski definition) is 3. The number of carbonyl (C=O) groups is 2. The molecule has 1 aromatic carbocycles. The lowest BCUT2D eigenvalue weighted by atomic mass is 10.3. The van der Waals surface area contributed by atoms with Crippen LogP contribution in [0.25, 0.3) is 0 Å². The van der Waals surface area contributed by atoms with Crippen LogP contribution in [0.2, 0.25) is 5.02 Å². The van der Waals surface area contributed by atoms with Gasteiger partial charge in [-0.05, 0) is 12.1 Å². The Hall–Kier alpha value is -1.79. The predicted molar refractivity (Wildman–Crippen MR) is 66.5 cm³/mol. The van der Waals surface area contributed by atoms with E-state index in [0.717, 1.165) is 0 Å². The fourth-order valence-corrected chi connectivity index (χ4v) is 1.38. The number of esters is 1. The van der Waals surface area contributed by atoms with Crippen LogP contribution < -0.4 is 10.6 Å². The lowest BCUT2D eigenvalue weighted by Gasteiger charge is -2.14. The van der Waals surface area contributed by atoms with Crippen molar-refractivity contribution in [2.24, 2.45) is 0 Å². The maximum absolute atomic E-state index is 11.6. The number of halogens is 1. The number of carbonyl (C=O) groups excluding carboxylic acids is 2. The van der Waals surface area contributed by atoms with Gasteiger partial charge in [-0.15, -0.1) is 0 Å². The first-order chi connectivity index (χ1) is 8.58. The van der Waals surface area contributed by atoms with Crippen molar-refractivity contribution in [1.29, 1.82) is 0 Å². The van der Waals surface area contributed by atoms with Crippen LogP contribution in [0.15, 0.2) is 24.3 Å². The van der Waals surface area contributed by atoms with Gasteiger partial charge >= 0.3 is 12.0 Å². The van der Waals surface area contributed by atoms with Gasteiger partial charge in [0.2, 0.25) is 0 Å². The van der Waals surface area contributed by atoms with Crippen molar-refractivity contribution in [2.75, 3.05) is 19.0 Å². The number of ether oxygens (including phenoxy) is 1. The molecule has 1 atom stereocenters. The standard InChI is InChI=1S/C11H13ClN2O4/c1-18-10(16)9(6-15)14-11(17)13-8-5-3-2-4-7(8)12/h2-5,9,15H,6H2,1H3,(H2,13,14,17). The molecule has 1 rings (SSSR count). The molecule has 1 aromatic rings. The third kappa shape index (κ3) is 3.90. The number of para-hydroxylation sites is 1. The van der Waals surface area contributed by atoms with E-state index in [1.807, 2.05) is 0 Å². The van der Waals surface area contributed by atoms with Crippen molar-refractivity contribution in [3.8, 4) is 0 Å². The summed E-state index contributed by atoms with van der Waals surface area (Å²) in [6.07, 6.45) is 0. The molecular formula is C11H13ClN2O4. The summed E-state index contributed by atoms with van der Waals surface area (Å²) in [5.41, 5.74) is 0.401. The van der Waals surface area contributed by atoms with Crippen molar-refractivity contribution < 1.29 is 19.4 Å². The van der Waals surface area contributed by atoms with Crippen molar-refractivity contribution in [1.82, 2.24) is 5.32 Å². The molecule has 0 saturated heterocycles. The van der Waals surface area contributed by atoms with Crippen LogP contribution in [0, 0.1) is 0 Å². The van der Waals surface area contributed by atoms with Gasteiger partial charge in [-0.25, -0.2) is 9.59 Å². The Morgan fingerprint density at radius 3 is 2.67 bits per heavy atom. The second-order valence-corrected chi connectivity index (χ2v) is 3.74. The number of nitrogens with one attached hydrogen (secondary N) is 2. The van der Waals surface area contributed by atoms with Crippen LogP contribution in [0.1, 0.15) is 0 Å². The number of urea groups is 1. The Morgan fingerprint density at radius 1 is 1.44 bits per heavy atom. The third-order valence-electron chi connectivity index (χ3n) is 2.10. The molecule has 0 aromatic heterocycles. The zero-order valence-corrected chi connectivity index (χ0v) is 10.4. The summed E-state index contributed by atoms with van der Waals surface area (Å²) in [7, 11) is 1.17. The molecule has 0 heterocycles. The molecular weight excluding hydrogens is 260 g/mol. The lowest BCUT2D eigenvalue weighted by Crippen LogP contribution is -2.45. The number of anilines is 1. The summed E-state index contributed by atoms with van der Waals surface area (Å²) in [5, 5.41) is 14.0. The Balaban J connectivity index is 2.61. The van der Waals surface area contributed by atoms with Crippen LogP contribution in [-0.4, -0.2) is 36.9 Å². The molecule has 3 N–H and O–H groups in total. The molecule has 0 radical (unpaired) electrons. The molecule has 6 nitrogen and oxygen atoms in total. The number of aliphatic hydroxyl groups is 1. The normalized spacial score (nSPS) is 11.5. The number of rotatable bonds is 4. The Bertz CT molecular complexity index is 439. The Labute approximate surface area is 109 Å². The molecule has 0 aliphatic carbocycles. The van der Waals surface area contributed by atoms with Crippen molar-refractivity contribution in [3.63, 3.8) is 0 Å². The highest BCUT2D eigenvalue weighted by atomic mass is 35.5. The van der Waals surface area contributed by atoms with E-state index in [9.17, 15) is 9.59 Å². The maximum atomic E-state index is 11.6. The minimum Gasteiger partial charge on any atom is -0.467 e. The first-order valence-electron chi connectivity index (χ1n) is 5.09.